The van der Waals surface area contributed by atoms with Crippen molar-refractivity contribution in [1.82, 2.24) is 10.3 Å². The van der Waals surface area contributed by atoms with Crippen LogP contribution in [0.1, 0.15) is 11.3 Å². The molecule has 0 unspecified atom stereocenters. The average Bonchev–Trinajstić information content (AvgIpc) is 2.84. The zero-order chi connectivity index (χ0) is 12.8. The van der Waals surface area contributed by atoms with Crippen LogP contribution in [0.3, 0.4) is 0 Å². The van der Waals surface area contributed by atoms with Gasteiger partial charge in [0.05, 0.1) is 17.6 Å². The van der Waals surface area contributed by atoms with E-state index in [0.717, 1.165) is 11.3 Å². The molecule has 1 heterocycles. The molecule has 5 heteroatoms. The molecule has 0 atom stereocenters. The summed E-state index contributed by atoms with van der Waals surface area (Å²) in [6.07, 6.45) is 1.01. The SMILES string of the molecule is O=C(Cc1cscn1)NCCc1ccc(F)cc1. The Labute approximate surface area is 109 Å². The van der Waals surface area contributed by atoms with Gasteiger partial charge in [0.2, 0.25) is 5.91 Å². The smallest absolute Gasteiger partial charge is 0.226 e. The molecule has 18 heavy (non-hydrogen) atoms. The van der Waals surface area contributed by atoms with Gasteiger partial charge in [-0.3, -0.25) is 4.79 Å². The molecular weight excluding hydrogens is 251 g/mol. The van der Waals surface area contributed by atoms with Crippen LogP contribution in [0.2, 0.25) is 0 Å². The van der Waals surface area contributed by atoms with E-state index in [4.69, 9.17) is 0 Å². The minimum absolute atomic E-state index is 0.0389. The van der Waals surface area contributed by atoms with Gasteiger partial charge < -0.3 is 5.32 Å². The summed E-state index contributed by atoms with van der Waals surface area (Å²) >= 11 is 1.48. The highest BCUT2D eigenvalue weighted by Crippen LogP contribution is 2.03. The number of carbonyl (C=O) groups excluding carboxylic acids is 1. The second-order valence-electron chi connectivity index (χ2n) is 3.88. The Bertz CT molecular complexity index is 496. The maximum Gasteiger partial charge on any atom is 0.226 e. The van der Waals surface area contributed by atoms with Crippen molar-refractivity contribution in [3.63, 3.8) is 0 Å². The van der Waals surface area contributed by atoms with Crippen LogP contribution in [0.4, 0.5) is 4.39 Å². The van der Waals surface area contributed by atoms with Crippen molar-refractivity contribution in [3.05, 3.63) is 52.2 Å². The summed E-state index contributed by atoms with van der Waals surface area (Å²) in [5.41, 5.74) is 3.51. The Kier molecular flexibility index (Phi) is 4.41. The van der Waals surface area contributed by atoms with Crippen molar-refractivity contribution in [2.75, 3.05) is 6.54 Å². The molecule has 0 fully saturated rings. The van der Waals surface area contributed by atoms with Crippen molar-refractivity contribution in [1.29, 1.82) is 0 Å². The molecule has 94 valence electrons. The molecule has 2 rings (SSSR count). The Balaban J connectivity index is 1.72. The summed E-state index contributed by atoms with van der Waals surface area (Å²) in [5.74, 6) is -0.283. The summed E-state index contributed by atoms with van der Waals surface area (Å²) in [5, 5.41) is 4.68. The predicted octanol–water partition coefficient (Wildman–Crippen LogP) is 2.18. The number of benzene rings is 1. The number of thiazole rings is 1. The number of amides is 1. The maximum absolute atomic E-state index is 12.7. The first-order valence-electron chi connectivity index (χ1n) is 5.62. The van der Waals surface area contributed by atoms with E-state index in [1.165, 1.54) is 23.5 Å². The third kappa shape index (κ3) is 3.92. The number of hydrogen-bond donors (Lipinski definition) is 1. The zero-order valence-corrected chi connectivity index (χ0v) is 10.5. The lowest BCUT2D eigenvalue weighted by atomic mass is 10.1. The van der Waals surface area contributed by atoms with E-state index in [1.807, 2.05) is 5.38 Å². The molecule has 3 nitrogen and oxygen atoms in total. The van der Waals surface area contributed by atoms with Gasteiger partial charge in [0, 0.05) is 11.9 Å². The third-order valence-corrected chi connectivity index (χ3v) is 3.11. The first-order valence-corrected chi connectivity index (χ1v) is 6.56. The molecule has 1 aromatic heterocycles. The van der Waals surface area contributed by atoms with Gasteiger partial charge in [-0.1, -0.05) is 12.1 Å². The first kappa shape index (κ1) is 12.7. The van der Waals surface area contributed by atoms with Gasteiger partial charge in [0.15, 0.2) is 0 Å². The maximum atomic E-state index is 12.7. The molecule has 0 aliphatic heterocycles. The fraction of sp³-hybridized carbons (Fsp3) is 0.231. The second kappa shape index (κ2) is 6.26. The Morgan fingerprint density at radius 2 is 2.11 bits per heavy atom. The summed E-state index contributed by atoms with van der Waals surface area (Å²) < 4.78 is 12.7. The number of halogens is 1. The Hall–Kier alpha value is -1.75. The van der Waals surface area contributed by atoms with Crippen LogP contribution in [-0.4, -0.2) is 17.4 Å². The number of carbonyl (C=O) groups is 1. The summed E-state index contributed by atoms with van der Waals surface area (Å²) in [4.78, 5) is 15.6. The molecule has 1 aromatic carbocycles. The first-order chi connectivity index (χ1) is 8.74. The number of nitrogens with zero attached hydrogens (tertiary/aromatic N) is 1. The lowest BCUT2D eigenvalue weighted by Gasteiger charge is -2.04. The van der Waals surface area contributed by atoms with Crippen LogP contribution in [0.5, 0.6) is 0 Å². The van der Waals surface area contributed by atoms with E-state index < -0.39 is 0 Å². The highest BCUT2D eigenvalue weighted by molar-refractivity contribution is 7.07. The van der Waals surface area contributed by atoms with E-state index in [0.29, 0.717) is 19.4 Å². The van der Waals surface area contributed by atoms with Crippen molar-refractivity contribution < 1.29 is 9.18 Å². The monoisotopic (exact) mass is 264 g/mol. The van der Waals surface area contributed by atoms with E-state index >= 15 is 0 Å². The van der Waals surface area contributed by atoms with Gasteiger partial charge in [-0.25, -0.2) is 9.37 Å². The molecule has 0 aliphatic rings. The molecular formula is C13H13FN2OS. The van der Waals surface area contributed by atoms with Crippen molar-refractivity contribution >= 4 is 17.2 Å². The molecule has 0 spiro atoms. The van der Waals surface area contributed by atoms with E-state index in [1.54, 1.807) is 17.6 Å². The van der Waals surface area contributed by atoms with Gasteiger partial charge in [-0.2, -0.15) is 0 Å². The molecule has 0 aliphatic carbocycles. The van der Waals surface area contributed by atoms with Crippen LogP contribution in [0.25, 0.3) is 0 Å². The van der Waals surface area contributed by atoms with E-state index in [2.05, 4.69) is 10.3 Å². The Morgan fingerprint density at radius 3 is 2.78 bits per heavy atom. The molecule has 2 aromatic rings. The predicted molar refractivity (Wildman–Crippen MR) is 68.9 cm³/mol. The molecule has 0 radical (unpaired) electrons. The largest absolute Gasteiger partial charge is 0.355 e. The van der Waals surface area contributed by atoms with Crippen LogP contribution >= 0.6 is 11.3 Å². The van der Waals surface area contributed by atoms with Gasteiger partial charge in [-0.05, 0) is 24.1 Å². The van der Waals surface area contributed by atoms with E-state index in [9.17, 15) is 9.18 Å². The van der Waals surface area contributed by atoms with Crippen molar-refractivity contribution in [3.8, 4) is 0 Å². The summed E-state index contributed by atoms with van der Waals surface area (Å²) in [7, 11) is 0. The van der Waals surface area contributed by atoms with E-state index in [-0.39, 0.29) is 11.7 Å². The van der Waals surface area contributed by atoms with Crippen molar-refractivity contribution in [2.45, 2.75) is 12.8 Å². The lowest BCUT2D eigenvalue weighted by Crippen LogP contribution is -2.27. The van der Waals surface area contributed by atoms with Gasteiger partial charge in [-0.15, -0.1) is 11.3 Å². The Morgan fingerprint density at radius 1 is 1.33 bits per heavy atom. The molecule has 1 N–H and O–H groups in total. The van der Waals surface area contributed by atoms with Crippen LogP contribution in [-0.2, 0) is 17.6 Å². The number of rotatable bonds is 5. The van der Waals surface area contributed by atoms with Crippen LogP contribution < -0.4 is 5.32 Å². The standard InChI is InChI=1S/C13H13FN2OS/c14-11-3-1-10(2-4-11)5-6-15-13(17)7-12-8-18-9-16-12/h1-4,8-9H,5-7H2,(H,15,17). The average molecular weight is 264 g/mol. The highest BCUT2D eigenvalue weighted by atomic mass is 32.1. The summed E-state index contributed by atoms with van der Waals surface area (Å²) in [6, 6.07) is 6.29. The van der Waals surface area contributed by atoms with Gasteiger partial charge >= 0.3 is 0 Å². The van der Waals surface area contributed by atoms with Gasteiger partial charge in [0.25, 0.3) is 0 Å². The minimum Gasteiger partial charge on any atom is -0.355 e. The lowest BCUT2D eigenvalue weighted by molar-refractivity contribution is -0.120. The number of nitrogens with one attached hydrogen (secondary N) is 1. The minimum atomic E-state index is -0.244. The normalized spacial score (nSPS) is 10.3. The molecule has 0 saturated heterocycles. The number of hydrogen-bond acceptors (Lipinski definition) is 3. The quantitative estimate of drug-likeness (QED) is 0.899. The topological polar surface area (TPSA) is 42.0 Å². The molecule has 1 amide bonds. The zero-order valence-electron chi connectivity index (χ0n) is 9.73. The number of aromatic nitrogens is 1. The third-order valence-electron chi connectivity index (χ3n) is 2.47. The fourth-order valence-electron chi connectivity index (χ4n) is 1.55. The summed E-state index contributed by atoms with van der Waals surface area (Å²) in [6.45, 7) is 0.550. The van der Waals surface area contributed by atoms with Crippen molar-refractivity contribution in [2.24, 2.45) is 0 Å². The highest BCUT2D eigenvalue weighted by Gasteiger charge is 2.04. The van der Waals surface area contributed by atoms with Crippen LogP contribution in [0, 0.1) is 5.82 Å². The molecule has 0 saturated carbocycles. The van der Waals surface area contributed by atoms with Gasteiger partial charge in [0.1, 0.15) is 5.82 Å². The molecule has 0 bridgehead atoms. The second-order valence-corrected chi connectivity index (χ2v) is 4.60. The fourth-order valence-corrected chi connectivity index (χ4v) is 2.11. The van der Waals surface area contributed by atoms with Crippen LogP contribution in [0.15, 0.2) is 35.2 Å².